The molecule has 1 nitrogen and oxygen atoms in total. The summed E-state index contributed by atoms with van der Waals surface area (Å²) in [6.07, 6.45) is 3.95. The Morgan fingerprint density at radius 2 is 2.25 bits per heavy atom. The van der Waals surface area contributed by atoms with Crippen molar-refractivity contribution in [3.8, 4) is 0 Å². The maximum atomic E-state index is 6.17. The van der Waals surface area contributed by atoms with Crippen LogP contribution in [-0.4, -0.2) is 6.04 Å². The standard InChI is InChI=1S/C13H17BrClN/c1-9-2-5-12(6-9)16-8-10-3-4-11(14)7-13(10)15/h3-4,7,9,12,16H,2,5-6,8H2,1H3. The van der Waals surface area contributed by atoms with E-state index in [4.69, 9.17) is 11.6 Å². The quantitative estimate of drug-likeness (QED) is 0.873. The number of nitrogens with one attached hydrogen (secondary N) is 1. The molecule has 1 saturated carbocycles. The Hall–Kier alpha value is -0.0500. The predicted molar refractivity (Wildman–Crippen MR) is 72.8 cm³/mol. The molecular formula is C13H17BrClN. The van der Waals surface area contributed by atoms with Crippen LogP contribution in [0.4, 0.5) is 0 Å². The van der Waals surface area contributed by atoms with Crippen LogP contribution >= 0.6 is 27.5 Å². The van der Waals surface area contributed by atoms with Crippen LogP contribution in [0, 0.1) is 5.92 Å². The van der Waals surface area contributed by atoms with Crippen LogP contribution in [0.25, 0.3) is 0 Å². The lowest BCUT2D eigenvalue weighted by molar-refractivity contribution is 0.502. The molecule has 0 spiro atoms. The van der Waals surface area contributed by atoms with Gasteiger partial charge in [0.1, 0.15) is 0 Å². The molecule has 1 aliphatic rings. The zero-order valence-electron chi connectivity index (χ0n) is 9.47. The van der Waals surface area contributed by atoms with Gasteiger partial charge in [-0.05, 0) is 42.9 Å². The Bertz CT molecular complexity index is 367. The first kappa shape index (κ1) is 12.4. The third-order valence-electron chi connectivity index (χ3n) is 3.29. The predicted octanol–water partition coefficient (Wildman–Crippen LogP) is 4.38. The van der Waals surface area contributed by atoms with Gasteiger partial charge in [-0.2, -0.15) is 0 Å². The minimum absolute atomic E-state index is 0.676. The molecule has 1 aromatic carbocycles. The molecule has 88 valence electrons. The van der Waals surface area contributed by atoms with Crippen LogP contribution in [0.3, 0.4) is 0 Å². The molecule has 0 aromatic heterocycles. The van der Waals surface area contributed by atoms with Crippen molar-refractivity contribution in [2.45, 2.75) is 38.8 Å². The zero-order valence-corrected chi connectivity index (χ0v) is 11.8. The second kappa shape index (κ2) is 5.52. The molecule has 0 bridgehead atoms. The van der Waals surface area contributed by atoms with Gasteiger partial charge >= 0.3 is 0 Å². The molecule has 1 N–H and O–H groups in total. The van der Waals surface area contributed by atoms with E-state index in [0.29, 0.717) is 6.04 Å². The van der Waals surface area contributed by atoms with Gasteiger partial charge in [0.15, 0.2) is 0 Å². The number of hydrogen-bond donors (Lipinski definition) is 1. The lowest BCUT2D eigenvalue weighted by atomic mass is 10.1. The molecular weight excluding hydrogens is 286 g/mol. The van der Waals surface area contributed by atoms with Gasteiger partial charge < -0.3 is 5.32 Å². The third kappa shape index (κ3) is 3.22. The van der Waals surface area contributed by atoms with Gasteiger partial charge in [0.25, 0.3) is 0 Å². The molecule has 2 rings (SSSR count). The monoisotopic (exact) mass is 301 g/mol. The zero-order chi connectivity index (χ0) is 11.5. The Labute approximate surface area is 111 Å². The van der Waals surface area contributed by atoms with Crippen molar-refractivity contribution in [2.24, 2.45) is 5.92 Å². The molecule has 0 saturated heterocycles. The van der Waals surface area contributed by atoms with Gasteiger partial charge in [-0.3, -0.25) is 0 Å². The van der Waals surface area contributed by atoms with E-state index < -0.39 is 0 Å². The summed E-state index contributed by atoms with van der Waals surface area (Å²) in [6, 6.07) is 6.75. The minimum atomic E-state index is 0.676. The second-order valence-corrected chi connectivity index (χ2v) is 6.05. The molecule has 0 radical (unpaired) electrons. The van der Waals surface area contributed by atoms with Crippen molar-refractivity contribution in [3.63, 3.8) is 0 Å². The summed E-state index contributed by atoms with van der Waals surface area (Å²) in [4.78, 5) is 0. The smallest absolute Gasteiger partial charge is 0.0462 e. The van der Waals surface area contributed by atoms with Gasteiger partial charge in [0.05, 0.1) is 0 Å². The van der Waals surface area contributed by atoms with E-state index in [1.165, 1.54) is 24.8 Å². The molecule has 1 aromatic rings. The molecule has 2 atom stereocenters. The Kier molecular flexibility index (Phi) is 4.28. The van der Waals surface area contributed by atoms with Crippen molar-refractivity contribution < 1.29 is 0 Å². The Morgan fingerprint density at radius 3 is 2.88 bits per heavy atom. The normalized spacial score (nSPS) is 24.9. The topological polar surface area (TPSA) is 12.0 Å². The highest BCUT2D eigenvalue weighted by molar-refractivity contribution is 9.10. The van der Waals surface area contributed by atoms with Crippen LogP contribution in [0.15, 0.2) is 22.7 Å². The number of rotatable bonds is 3. The molecule has 0 heterocycles. The summed E-state index contributed by atoms with van der Waals surface area (Å²) in [7, 11) is 0. The molecule has 2 unspecified atom stereocenters. The van der Waals surface area contributed by atoms with Crippen molar-refractivity contribution in [1.29, 1.82) is 0 Å². The first-order chi connectivity index (χ1) is 7.65. The van der Waals surface area contributed by atoms with Crippen molar-refractivity contribution in [3.05, 3.63) is 33.3 Å². The summed E-state index contributed by atoms with van der Waals surface area (Å²) in [5.41, 5.74) is 1.18. The van der Waals surface area contributed by atoms with E-state index >= 15 is 0 Å². The molecule has 0 amide bonds. The SMILES string of the molecule is CC1CCC(NCc2ccc(Br)cc2Cl)C1. The third-order valence-corrected chi connectivity index (χ3v) is 4.14. The Morgan fingerprint density at radius 1 is 1.44 bits per heavy atom. The summed E-state index contributed by atoms with van der Waals surface area (Å²) < 4.78 is 1.04. The highest BCUT2D eigenvalue weighted by atomic mass is 79.9. The minimum Gasteiger partial charge on any atom is -0.310 e. The van der Waals surface area contributed by atoms with Crippen LogP contribution in [-0.2, 0) is 6.54 Å². The van der Waals surface area contributed by atoms with E-state index in [1.54, 1.807) is 0 Å². The fourth-order valence-electron chi connectivity index (χ4n) is 2.31. The summed E-state index contributed by atoms with van der Waals surface area (Å²) in [6.45, 7) is 3.21. The summed E-state index contributed by atoms with van der Waals surface area (Å²) >= 11 is 9.59. The summed E-state index contributed by atoms with van der Waals surface area (Å²) in [5.74, 6) is 0.873. The Balaban J connectivity index is 1.89. The van der Waals surface area contributed by atoms with Gasteiger partial charge in [-0.1, -0.05) is 40.5 Å². The van der Waals surface area contributed by atoms with Gasteiger partial charge in [0, 0.05) is 22.1 Å². The first-order valence-corrected chi connectivity index (χ1v) is 6.99. The average molecular weight is 303 g/mol. The average Bonchev–Trinajstić information content (AvgIpc) is 2.63. The lowest BCUT2D eigenvalue weighted by Gasteiger charge is -2.13. The number of hydrogen-bond acceptors (Lipinski definition) is 1. The van der Waals surface area contributed by atoms with Gasteiger partial charge in [-0.15, -0.1) is 0 Å². The molecule has 3 heteroatoms. The fraction of sp³-hybridized carbons (Fsp3) is 0.538. The lowest BCUT2D eigenvalue weighted by Crippen LogP contribution is -2.25. The fourth-order valence-corrected chi connectivity index (χ4v) is 3.05. The molecule has 16 heavy (non-hydrogen) atoms. The van der Waals surface area contributed by atoms with Crippen molar-refractivity contribution in [1.82, 2.24) is 5.32 Å². The van der Waals surface area contributed by atoms with E-state index in [1.807, 2.05) is 12.1 Å². The highest BCUT2D eigenvalue weighted by Gasteiger charge is 2.20. The van der Waals surface area contributed by atoms with E-state index in [2.05, 4.69) is 34.2 Å². The molecule has 1 fully saturated rings. The van der Waals surface area contributed by atoms with E-state index in [0.717, 1.165) is 22.0 Å². The molecule has 0 aliphatic heterocycles. The number of benzene rings is 1. The maximum Gasteiger partial charge on any atom is 0.0462 e. The van der Waals surface area contributed by atoms with Gasteiger partial charge in [0.2, 0.25) is 0 Å². The largest absolute Gasteiger partial charge is 0.310 e. The van der Waals surface area contributed by atoms with E-state index in [-0.39, 0.29) is 0 Å². The molecule has 1 aliphatic carbocycles. The second-order valence-electron chi connectivity index (χ2n) is 4.73. The van der Waals surface area contributed by atoms with Crippen molar-refractivity contribution >= 4 is 27.5 Å². The highest BCUT2D eigenvalue weighted by Crippen LogP contribution is 2.26. The van der Waals surface area contributed by atoms with Crippen LogP contribution < -0.4 is 5.32 Å². The summed E-state index contributed by atoms with van der Waals surface area (Å²) in [5, 5.41) is 4.43. The first-order valence-electron chi connectivity index (χ1n) is 5.82. The maximum absolute atomic E-state index is 6.17. The van der Waals surface area contributed by atoms with Crippen LogP contribution in [0.5, 0.6) is 0 Å². The number of halogens is 2. The van der Waals surface area contributed by atoms with E-state index in [9.17, 15) is 0 Å². The van der Waals surface area contributed by atoms with Gasteiger partial charge in [-0.25, -0.2) is 0 Å². The van der Waals surface area contributed by atoms with Crippen LogP contribution in [0.2, 0.25) is 5.02 Å². The van der Waals surface area contributed by atoms with Crippen molar-refractivity contribution in [2.75, 3.05) is 0 Å². The van der Waals surface area contributed by atoms with Crippen LogP contribution in [0.1, 0.15) is 31.7 Å².